The maximum absolute atomic E-state index is 9.12. The molecule has 0 aromatic heterocycles. The van der Waals surface area contributed by atoms with Crippen LogP contribution in [0, 0.1) is 22.7 Å². The molecule has 68 valence electrons. The first-order valence-corrected chi connectivity index (χ1v) is 4.78. The second-order valence-corrected chi connectivity index (χ2v) is 3.58. The van der Waals surface area contributed by atoms with Gasteiger partial charge in [-0.1, -0.05) is 26.7 Å². The molecule has 1 saturated heterocycles. The summed E-state index contributed by atoms with van der Waals surface area (Å²) in [5, 5.41) is 9.12. The molecule has 0 amide bonds. The molecule has 0 bridgehead atoms. The fourth-order valence-electron chi connectivity index (χ4n) is 2.15. The minimum absolute atomic E-state index is 0.163. The number of rotatable bonds is 3. The van der Waals surface area contributed by atoms with E-state index in [1.54, 1.807) is 0 Å². The van der Waals surface area contributed by atoms with Crippen LogP contribution in [0.2, 0.25) is 0 Å². The van der Waals surface area contributed by atoms with Crippen molar-refractivity contribution < 1.29 is 4.74 Å². The summed E-state index contributed by atoms with van der Waals surface area (Å²) >= 11 is 0. The van der Waals surface area contributed by atoms with Crippen molar-refractivity contribution in [3.05, 3.63) is 0 Å². The van der Waals surface area contributed by atoms with Gasteiger partial charge in [0.1, 0.15) is 0 Å². The molecule has 2 nitrogen and oxygen atoms in total. The number of hydrogen-bond donors (Lipinski definition) is 0. The molecule has 0 radical (unpaired) electrons. The topological polar surface area (TPSA) is 33.0 Å². The largest absolute Gasteiger partial charge is 0.380 e. The standard InChI is InChI=1S/C10H17NO/c1-3-9(4-2)10(7-11)5-6-12-8-10/h9H,3-6,8H2,1-2H3. The van der Waals surface area contributed by atoms with E-state index in [9.17, 15) is 0 Å². The number of ether oxygens (including phenoxy) is 1. The van der Waals surface area contributed by atoms with Crippen LogP contribution in [0.3, 0.4) is 0 Å². The minimum atomic E-state index is -0.163. The zero-order valence-corrected chi connectivity index (χ0v) is 7.97. The van der Waals surface area contributed by atoms with Crippen LogP contribution in [0.5, 0.6) is 0 Å². The van der Waals surface area contributed by atoms with Gasteiger partial charge in [-0.15, -0.1) is 0 Å². The molecule has 1 fully saturated rings. The van der Waals surface area contributed by atoms with Gasteiger partial charge in [0.25, 0.3) is 0 Å². The summed E-state index contributed by atoms with van der Waals surface area (Å²) in [5.41, 5.74) is -0.163. The highest BCUT2D eigenvalue weighted by atomic mass is 16.5. The van der Waals surface area contributed by atoms with E-state index in [-0.39, 0.29) is 5.41 Å². The van der Waals surface area contributed by atoms with Crippen molar-refractivity contribution in [1.29, 1.82) is 5.26 Å². The fraction of sp³-hybridized carbons (Fsp3) is 0.900. The molecule has 1 aliphatic rings. The van der Waals surface area contributed by atoms with Crippen molar-refractivity contribution in [2.75, 3.05) is 13.2 Å². The Morgan fingerprint density at radius 1 is 1.50 bits per heavy atom. The second kappa shape index (κ2) is 3.91. The highest BCUT2D eigenvalue weighted by molar-refractivity contribution is 5.04. The van der Waals surface area contributed by atoms with Crippen LogP contribution >= 0.6 is 0 Å². The van der Waals surface area contributed by atoms with Crippen LogP contribution in [0.1, 0.15) is 33.1 Å². The molecule has 1 rings (SSSR count). The molecule has 1 atom stereocenters. The quantitative estimate of drug-likeness (QED) is 0.646. The minimum Gasteiger partial charge on any atom is -0.380 e. The zero-order chi connectivity index (χ0) is 9.03. The predicted molar refractivity (Wildman–Crippen MR) is 47.6 cm³/mol. The maximum atomic E-state index is 9.12. The van der Waals surface area contributed by atoms with E-state index in [1.807, 2.05) is 0 Å². The Hall–Kier alpha value is -0.550. The van der Waals surface area contributed by atoms with Crippen LogP contribution in [-0.2, 0) is 4.74 Å². The van der Waals surface area contributed by atoms with Crippen molar-refractivity contribution in [2.45, 2.75) is 33.1 Å². The highest BCUT2D eigenvalue weighted by Gasteiger charge is 2.40. The summed E-state index contributed by atoms with van der Waals surface area (Å²) in [6, 6.07) is 2.45. The van der Waals surface area contributed by atoms with Gasteiger partial charge in [-0.2, -0.15) is 5.26 Å². The van der Waals surface area contributed by atoms with E-state index in [0.717, 1.165) is 25.9 Å². The molecule has 1 aliphatic heterocycles. The van der Waals surface area contributed by atoms with Crippen LogP contribution in [0.4, 0.5) is 0 Å². The Morgan fingerprint density at radius 3 is 2.50 bits per heavy atom. The molecule has 1 heterocycles. The Balaban J connectivity index is 2.71. The molecule has 1 unspecified atom stereocenters. The van der Waals surface area contributed by atoms with Gasteiger partial charge in [-0.25, -0.2) is 0 Å². The Kier molecular flexibility index (Phi) is 3.11. The van der Waals surface area contributed by atoms with Crippen LogP contribution in [0.15, 0.2) is 0 Å². The van der Waals surface area contributed by atoms with E-state index in [2.05, 4.69) is 19.9 Å². The molecule has 0 N–H and O–H groups in total. The second-order valence-electron chi connectivity index (χ2n) is 3.58. The number of nitrogens with zero attached hydrogens (tertiary/aromatic N) is 1. The van der Waals surface area contributed by atoms with E-state index < -0.39 is 0 Å². The number of hydrogen-bond acceptors (Lipinski definition) is 2. The molecular weight excluding hydrogens is 150 g/mol. The van der Waals surface area contributed by atoms with Crippen molar-refractivity contribution in [3.63, 3.8) is 0 Å². The van der Waals surface area contributed by atoms with Gasteiger partial charge in [-0.3, -0.25) is 0 Å². The monoisotopic (exact) mass is 167 g/mol. The third kappa shape index (κ3) is 1.47. The van der Waals surface area contributed by atoms with Crippen LogP contribution in [0.25, 0.3) is 0 Å². The smallest absolute Gasteiger partial charge is 0.0856 e. The predicted octanol–water partition coefficient (Wildman–Crippen LogP) is 2.35. The summed E-state index contributed by atoms with van der Waals surface area (Å²) in [7, 11) is 0. The van der Waals surface area contributed by atoms with Gasteiger partial charge >= 0.3 is 0 Å². The van der Waals surface area contributed by atoms with Crippen molar-refractivity contribution in [2.24, 2.45) is 11.3 Å². The van der Waals surface area contributed by atoms with Gasteiger partial charge in [0, 0.05) is 6.61 Å². The maximum Gasteiger partial charge on any atom is 0.0856 e. The lowest BCUT2D eigenvalue weighted by atomic mass is 9.73. The Bertz CT molecular complexity index is 173. The van der Waals surface area contributed by atoms with E-state index in [4.69, 9.17) is 10.00 Å². The van der Waals surface area contributed by atoms with Crippen molar-refractivity contribution in [1.82, 2.24) is 0 Å². The third-order valence-electron chi connectivity index (χ3n) is 3.04. The van der Waals surface area contributed by atoms with Gasteiger partial charge in [0.05, 0.1) is 18.1 Å². The Labute approximate surface area is 74.5 Å². The molecular formula is C10H17NO. The van der Waals surface area contributed by atoms with Gasteiger partial charge < -0.3 is 4.74 Å². The lowest BCUT2D eigenvalue weighted by molar-refractivity contribution is 0.139. The first-order chi connectivity index (χ1) is 5.79. The molecule has 2 heteroatoms. The van der Waals surface area contributed by atoms with Gasteiger partial charge in [0.2, 0.25) is 0 Å². The molecule has 0 saturated carbocycles. The van der Waals surface area contributed by atoms with Gasteiger partial charge in [-0.05, 0) is 12.3 Å². The van der Waals surface area contributed by atoms with Crippen LogP contribution < -0.4 is 0 Å². The normalized spacial score (nSPS) is 29.2. The van der Waals surface area contributed by atoms with E-state index in [1.165, 1.54) is 0 Å². The summed E-state index contributed by atoms with van der Waals surface area (Å²) in [6.45, 7) is 5.73. The first-order valence-electron chi connectivity index (χ1n) is 4.78. The lowest BCUT2D eigenvalue weighted by Gasteiger charge is -2.27. The number of nitriles is 1. The molecule has 0 aliphatic carbocycles. The van der Waals surface area contributed by atoms with E-state index in [0.29, 0.717) is 12.5 Å². The SMILES string of the molecule is CCC(CC)C1(C#N)CCOC1. The third-order valence-corrected chi connectivity index (χ3v) is 3.04. The lowest BCUT2D eigenvalue weighted by Crippen LogP contribution is -2.28. The summed E-state index contributed by atoms with van der Waals surface area (Å²) in [5.74, 6) is 0.519. The van der Waals surface area contributed by atoms with Crippen molar-refractivity contribution >= 4 is 0 Å². The highest BCUT2D eigenvalue weighted by Crippen LogP contribution is 2.39. The molecule has 0 aromatic rings. The van der Waals surface area contributed by atoms with Gasteiger partial charge in [0.15, 0.2) is 0 Å². The Morgan fingerprint density at radius 2 is 2.17 bits per heavy atom. The average molecular weight is 167 g/mol. The van der Waals surface area contributed by atoms with E-state index >= 15 is 0 Å². The first kappa shape index (κ1) is 9.54. The molecule has 0 aromatic carbocycles. The summed E-state index contributed by atoms with van der Waals surface area (Å²) < 4.78 is 5.31. The summed E-state index contributed by atoms with van der Waals surface area (Å²) in [4.78, 5) is 0. The van der Waals surface area contributed by atoms with Crippen LogP contribution in [-0.4, -0.2) is 13.2 Å². The molecule has 0 spiro atoms. The zero-order valence-electron chi connectivity index (χ0n) is 7.97. The average Bonchev–Trinajstić information content (AvgIpc) is 2.56. The fourth-order valence-corrected chi connectivity index (χ4v) is 2.15. The summed E-state index contributed by atoms with van der Waals surface area (Å²) in [6.07, 6.45) is 3.11. The van der Waals surface area contributed by atoms with Crippen molar-refractivity contribution in [3.8, 4) is 6.07 Å². The molecule has 12 heavy (non-hydrogen) atoms.